The Morgan fingerprint density at radius 3 is 3.07 bits per heavy atom. The molecule has 0 aliphatic heterocycles. The molecule has 15 heavy (non-hydrogen) atoms. The molecule has 6 heteroatoms. The number of nitrogens with zero attached hydrogens (tertiary/aromatic N) is 2. The van der Waals surface area contributed by atoms with Crippen molar-refractivity contribution >= 4 is 5.97 Å². The Bertz CT molecular complexity index is 311. The summed E-state index contributed by atoms with van der Waals surface area (Å²) in [4.78, 5) is 10.2. The van der Waals surface area contributed by atoms with E-state index in [1.807, 2.05) is 6.20 Å². The lowest BCUT2D eigenvalue weighted by atomic mass is 10.3. The number of aromatic nitrogens is 2. The Morgan fingerprint density at radius 2 is 2.40 bits per heavy atom. The van der Waals surface area contributed by atoms with Crippen molar-refractivity contribution in [1.29, 1.82) is 0 Å². The second kappa shape index (κ2) is 6.15. The van der Waals surface area contributed by atoms with Gasteiger partial charge in [0.05, 0.1) is 25.8 Å². The minimum Gasteiger partial charge on any atom is -0.481 e. The molecule has 0 aliphatic rings. The number of carbonyl (C=O) groups is 1. The third-order valence-corrected chi connectivity index (χ3v) is 1.86. The Kier molecular flexibility index (Phi) is 4.79. The molecule has 3 N–H and O–H groups in total. The summed E-state index contributed by atoms with van der Waals surface area (Å²) in [6.45, 7) is 1.59. The van der Waals surface area contributed by atoms with E-state index >= 15 is 0 Å². The minimum absolute atomic E-state index is 0.0631. The van der Waals surface area contributed by atoms with E-state index in [-0.39, 0.29) is 13.0 Å². The molecule has 1 heterocycles. The van der Waals surface area contributed by atoms with Gasteiger partial charge in [-0.05, 0) is 0 Å². The van der Waals surface area contributed by atoms with Crippen LogP contribution in [-0.4, -0.2) is 39.1 Å². The van der Waals surface area contributed by atoms with E-state index < -0.39 is 5.97 Å². The summed E-state index contributed by atoms with van der Waals surface area (Å²) in [6.07, 6.45) is 3.64. The van der Waals surface area contributed by atoms with Crippen LogP contribution in [0.1, 0.15) is 12.0 Å². The third kappa shape index (κ3) is 4.57. The molecular weight excluding hydrogens is 198 g/mol. The van der Waals surface area contributed by atoms with Crippen molar-refractivity contribution in [3.63, 3.8) is 0 Å². The van der Waals surface area contributed by atoms with E-state index in [0.717, 1.165) is 5.56 Å². The topological polar surface area (TPSA) is 87.4 Å². The summed E-state index contributed by atoms with van der Waals surface area (Å²) in [5.74, 6) is -0.807. The van der Waals surface area contributed by atoms with Gasteiger partial charge in [-0.1, -0.05) is 0 Å². The summed E-state index contributed by atoms with van der Waals surface area (Å²) in [5, 5.41) is 24.1. The van der Waals surface area contributed by atoms with Crippen LogP contribution in [0.3, 0.4) is 0 Å². The van der Waals surface area contributed by atoms with E-state index in [1.165, 1.54) is 0 Å². The summed E-state index contributed by atoms with van der Waals surface area (Å²) < 4.78 is 1.65. The van der Waals surface area contributed by atoms with Gasteiger partial charge in [0.2, 0.25) is 0 Å². The summed E-state index contributed by atoms with van der Waals surface area (Å²) in [7, 11) is 0. The molecule has 1 aromatic rings. The van der Waals surface area contributed by atoms with Gasteiger partial charge in [0, 0.05) is 24.8 Å². The van der Waals surface area contributed by atoms with E-state index in [0.29, 0.717) is 19.6 Å². The zero-order chi connectivity index (χ0) is 11.1. The van der Waals surface area contributed by atoms with Gasteiger partial charge in [-0.25, -0.2) is 0 Å². The van der Waals surface area contributed by atoms with Crippen molar-refractivity contribution in [1.82, 2.24) is 15.1 Å². The van der Waals surface area contributed by atoms with Crippen molar-refractivity contribution in [2.45, 2.75) is 19.5 Å². The molecule has 0 aliphatic carbocycles. The zero-order valence-electron chi connectivity index (χ0n) is 8.39. The van der Waals surface area contributed by atoms with Gasteiger partial charge in [0.15, 0.2) is 0 Å². The standard InChI is InChI=1S/C9H15N3O3/c13-4-3-12-7-8(6-11-12)5-10-2-1-9(14)15/h6-7,10,13H,1-5H2,(H,14,15). The highest BCUT2D eigenvalue weighted by Crippen LogP contribution is 1.96. The first-order chi connectivity index (χ1) is 7.22. The van der Waals surface area contributed by atoms with Gasteiger partial charge in [0.1, 0.15) is 0 Å². The second-order valence-corrected chi connectivity index (χ2v) is 3.16. The van der Waals surface area contributed by atoms with E-state index in [9.17, 15) is 4.79 Å². The van der Waals surface area contributed by atoms with Crippen molar-refractivity contribution in [2.75, 3.05) is 13.2 Å². The maximum atomic E-state index is 10.2. The zero-order valence-corrected chi connectivity index (χ0v) is 8.39. The summed E-state index contributed by atoms with van der Waals surface area (Å²) in [6, 6.07) is 0. The fourth-order valence-electron chi connectivity index (χ4n) is 1.15. The predicted octanol–water partition coefficient (Wildman–Crippen LogP) is -0.560. The van der Waals surface area contributed by atoms with Gasteiger partial charge in [0.25, 0.3) is 0 Å². The van der Waals surface area contributed by atoms with Gasteiger partial charge in [-0.2, -0.15) is 5.10 Å². The van der Waals surface area contributed by atoms with E-state index in [1.54, 1.807) is 10.9 Å². The van der Waals surface area contributed by atoms with E-state index in [4.69, 9.17) is 10.2 Å². The summed E-state index contributed by atoms with van der Waals surface area (Å²) >= 11 is 0. The maximum Gasteiger partial charge on any atom is 0.304 e. The van der Waals surface area contributed by atoms with Crippen LogP contribution in [0, 0.1) is 0 Å². The molecule has 0 atom stereocenters. The number of aliphatic hydroxyl groups is 1. The van der Waals surface area contributed by atoms with Crippen LogP contribution in [0.25, 0.3) is 0 Å². The second-order valence-electron chi connectivity index (χ2n) is 3.16. The van der Waals surface area contributed by atoms with Crippen LogP contribution in [-0.2, 0) is 17.9 Å². The monoisotopic (exact) mass is 213 g/mol. The molecule has 0 spiro atoms. The highest BCUT2D eigenvalue weighted by molar-refractivity contribution is 5.66. The molecule has 0 saturated carbocycles. The lowest BCUT2D eigenvalue weighted by Gasteiger charge is -1.99. The molecule has 0 aromatic carbocycles. The van der Waals surface area contributed by atoms with Gasteiger partial charge in [-0.15, -0.1) is 0 Å². The largest absolute Gasteiger partial charge is 0.481 e. The quantitative estimate of drug-likeness (QED) is 0.528. The Morgan fingerprint density at radius 1 is 1.60 bits per heavy atom. The van der Waals surface area contributed by atoms with Crippen molar-refractivity contribution in [2.24, 2.45) is 0 Å². The smallest absolute Gasteiger partial charge is 0.304 e. The van der Waals surface area contributed by atoms with Crippen LogP contribution in [0.15, 0.2) is 12.4 Å². The first-order valence-corrected chi connectivity index (χ1v) is 4.77. The molecule has 1 rings (SSSR count). The first-order valence-electron chi connectivity index (χ1n) is 4.77. The number of carboxylic acid groups (broad SMARTS) is 1. The number of aliphatic carboxylic acids is 1. The Balaban J connectivity index is 2.22. The fourth-order valence-corrected chi connectivity index (χ4v) is 1.15. The lowest BCUT2D eigenvalue weighted by molar-refractivity contribution is -0.136. The molecule has 0 fully saturated rings. The van der Waals surface area contributed by atoms with E-state index in [2.05, 4.69) is 10.4 Å². The Labute approximate surface area is 87.5 Å². The van der Waals surface area contributed by atoms with Gasteiger partial charge >= 0.3 is 5.97 Å². The van der Waals surface area contributed by atoms with Crippen LogP contribution in [0.5, 0.6) is 0 Å². The molecular formula is C9H15N3O3. The molecule has 0 unspecified atom stereocenters. The van der Waals surface area contributed by atoms with Crippen molar-refractivity contribution in [3.8, 4) is 0 Å². The third-order valence-electron chi connectivity index (χ3n) is 1.86. The van der Waals surface area contributed by atoms with Gasteiger partial charge < -0.3 is 15.5 Å². The molecule has 6 nitrogen and oxygen atoms in total. The molecule has 1 aromatic heterocycles. The highest BCUT2D eigenvalue weighted by atomic mass is 16.4. The number of aliphatic hydroxyl groups excluding tert-OH is 1. The average Bonchev–Trinajstić information content (AvgIpc) is 2.61. The van der Waals surface area contributed by atoms with Crippen LogP contribution in [0.2, 0.25) is 0 Å². The highest BCUT2D eigenvalue weighted by Gasteiger charge is 1.99. The first kappa shape index (κ1) is 11.7. The van der Waals surface area contributed by atoms with Crippen LogP contribution < -0.4 is 5.32 Å². The van der Waals surface area contributed by atoms with Gasteiger partial charge in [-0.3, -0.25) is 9.48 Å². The number of nitrogens with one attached hydrogen (secondary N) is 1. The fraction of sp³-hybridized carbons (Fsp3) is 0.556. The molecule has 84 valence electrons. The molecule has 0 saturated heterocycles. The predicted molar refractivity (Wildman–Crippen MR) is 53.3 cm³/mol. The number of rotatable bonds is 7. The molecule has 0 radical (unpaired) electrons. The van der Waals surface area contributed by atoms with Crippen molar-refractivity contribution in [3.05, 3.63) is 18.0 Å². The molecule has 0 amide bonds. The van der Waals surface area contributed by atoms with Crippen LogP contribution >= 0.6 is 0 Å². The minimum atomic E-state index is -0.807. The average molecular weight is 213 g/mol. The SMILES string of the molecule is O=C(O)CCNCc1cnn(CCO)c1. The lowest BCUT2D eigenvalue weighted by Crippen LogP contribution is -2.17. The summed E-state index contributed by atoms with van der Waals surface area (Å²) in [5.41, 5.74) is 0.980. The number of hydrogen-bond acceptors (Lipinski definition) is 4. The Hall–Kier alpha value is -1.40. The number of hydrogen-bond donors (Lipinski definition) is 3. The normalized spacial score (nSPS) is 10.5. The molecule has 0 bridgehead atoms. The number of carboxylic acids is 1. The van der Waals surface area contributed by atoms with Crippen LogP contribution in [0.4, 0.5) is 0 Å². The maximum absolute atomic E-state index is 10.2. The van der Waals surface area contributed by atoms with Crippen molar-refractivity contribution < 1.29 is 15.0 Å².